The highest BCUT2D eigenvalue weighted by molar-refractivity contribution is 8.77. The predicted molar refractivity (Wildman–Crippen MR) is 271 cm³/mol. The number of aliphatic hydroxyl groups excluding tert-OH is 1. The van der Waals surface area contributed by atoms with Crippen LogP contribution < -0.4 is 21.7 Å². The second-order valence-corrected chi connectivity index (χ2v) is 24.8. The molecule has 1 fully saturated rings. The van der Waals surface area contributed by atoms with Crippen LogP contribution in [0.2, 0.25) is 0 Å². The van der Waals surface area contributed by atoms with Crippen LogP contribution in [0.5, 0.6) is 0 Å². The minimum Gasteiger partial charge on any atom is -0.481 e. The molecule has 1 aliphatic rings. The van der Waals surface area contributed by atoms with Gasteiger partial charge in [0.05, 0.1) is 11.2 Å². The van der Waals surface area contributed by atoms with Crippen molar-refractivity contribution in [2.45, 2.75) is 246 Å². The van der Waals surface area contributed by atoms with Crippen molar-refractivity contribution < 1.29 is 43.7 Å². The Morgan fingerprint density at radius 2 is 1.41 bits per heavy atom. The lowest BCUT2D eigenvalue weighted by Gasteiger charge is -2.38. The molecule has 66 heavy (non-hydrogen) atoms. The van der Waals surface area contributed by atoms with Gasteiger partial charge in [0.1, 0.15) is 18.3 Å². The number of hydrogen-bond acceptors (Lipinski definition) is 11. The Bertz CT molecular complexity index is 1530. The minimum atomic E-state index is -1.18. The summed E-state index contributed by atoms with van der Waals surface area (Å²) in [5.74, 6) is -1.81. The van der Waals surface area contributed by atoms with Crippen LogP contribution in [0.4, 0.5) is 0 Å². The highest BCUT2D eigenvalue weighted by Crippen LogP contribution is 2.50. The zero-order valence-corrected chi connectivity index (χ0v) is 45.5. The number of nitrogens with two attached hydrogens (primary N) is 1. The number of rotatable bonds is 34. The average Bonchev–Trinajstić information content (AvgIpc) is 3.42. The van der Waals surface area contributed by atoms with Crippen molar-refractivity contribution in [3.05, 3.63) is 0 Å². The number of aliphatic carboxylic acids is 1. The summed E-state index contributed by atoms with van der Waals surface area (Å²) in [5, 5.41) is 30.5. The van der Waals surface area contributed by atoms with E-state index in [0.29, 0.717) is 83.3 Å². The van der Waals surface area contributed by atoms with E-state index < -0.39 is 63.8 Å². The van der Waals surface area contributed by atoms with Crippen molar-refractivity contribution >= 4 is 51.2 Å². The van der Waals surface area contributed by atoms with Gasteiger partial charge in [-0.2, -0.15) is 0 Å². The summed E-state index contributed by atoms with van der Waals surface area (Å²) >= 11 is 0. The molecule has 1 heterocycles. The topological polar surface area (TPSA) is 210 Å². The summed E-state index contributed by atoms with van der Waals surface area (Å²) in [6, 6.07) is -2.11. The Labute approximate surface area is 408 Å². The van der Waals surface area contributed by atoms with E-state index in [2.05, 4.69) is 50.6 Å². The van der Waals surface area contributed by atoms with Crippen molar-refractivity contribution in [3.63, 3.8) is 0 Å². The van der Waals surface area contributed by atoms with Gasteiger partial charge >= 0.3 is 5.97 Å². The van der Waals surface area contributed by atoms with Gasteiger partial charge in [-0.3, -0.25) is 24.0 Å². The maximum absolute atomic E-state index is 14.3. The van der Waals surface area contributed by atoms with E-state index in [1.165, 1.54) is 15.7 Å². The highest BCUT2D eigenvalue weighted by Gasteiger charge is 2.59. The molecule has 0 spiro atoms. The lowest BCUT2D eigenvalue weighted by molar-refractivity contribution is -0.148. The fourth-order valence-corrected chi connectivity index (χ4v) is 11.1. The van der Waals surface area contributed by atoms with E-state index in [1.807, 2.05) is 69.2 Å². The number of amides is 4. The Balaban J connectivity index is 3.10. The number of carbonyl (C=O) groups excluding carboxylic acids is 4. The number of likely N-dealkylation sites (tertiary alicyclic amines) is 1. The lowest BCUT2D eigenvalue weighted by atomic mass is 9.69. The summed E-state index contributed by atoms with van der Waals surface area (Å²) in [7, 11) is 3.10. The van der Waals surface area contributed by atoms with E-state index in [1.54, 1.807) is 10.8 Å². The van der Waals surface area contributed by atoms with E-state index in [0.717, 1.165) is 19.3 Å². The number of carbonyl (C=O) groups is 5. The molecule has 0 radical (unpaired) electrons. The molecular formula is C50H95N5O9S2. The number of carboxylic acids is 1. The Hall–Kier alpha value is -2.11. The Morgan fingerprint density at radius 1 is 0.833 bits per heavy atom. The summed E-state index contributed by atoms with van der Waals surface area (Å²) < 4.78 is 12.5. The van der Waals surface area contributed by atoms with Crippen LogP contribution in [-0.4, -0.2) is 116 Å². The Morgan fingerprint density at radius 3 is 1.89 bits per heavy atom. The van der Waals surface area contributed by atoms with Gasteiger partial charge in [0, 0.05) is 65.5 Å². The van der Waals surface area contributed by atoms with Gasteiger partial charge in [0.15, 0.2) is 0 Å². The van der Waals surface area contributed by atoms with E-state index in [4.69, 9.17) is 20.3 Å². The molecule has 0 aliphatic carbocycles. The maximum Gasteiger partial charge on any atom is 0.303 e. The monoisotopic (exact) mass is 974 g/mol. The second-order valence-electron chi connectivity index (χ2n) is 21.7. The van der Waals surface area contributed by atoms with Crippen molar-refractivity contribution in [2.24, 2.45) is 23.0 Å². The van der Waals surface area contributed by atoms with Gasteiger partial charge in [0.2, 0.25) is 23.6 Å². The first-order valence-corrected chi connectivity index (χ1v) is 27.3. The fourth-order valence-electron chi connectivity index (χ4n) is 8.59. The van der Waals surface area contributed by atoms with Gasteiger partial charge < -0.3 is 46.3 Å². The molecule has 7 N–H and O–H groups in total. The van der Waals surface area contributed by atoms with Gasteiger partial charge in [0.25, 0.3) is 0 Å². The summed E-state index contributed by atoms with van der Waals surface area (Å²) in [6.45, 7) is 30.9. The molecule has 0 saturated carbocycles. The molecule has 1 saturated heterocycles. The molecule has 1 aliphatic heterocycles. The molecule has 16 heteroatoms. The number of nitrogens with zero attached hydrogens (tertiary/aromatic N) is 1. The molecule has 8 atom stereocenters. The molecule has 8 unspecified atom stereocenters. The lowest BCUT2D eigenvalue weighted by Crippen LogP contribution is -2.61. The van der Waals surface area contributed by atoms with Gasteiger partial charge in [-0.15, -0.1) is 0 Å². The molecule has 0 bridgehead atoms. The summed E-state index contributed by atoms with van der Waals surface area (Å²) in [4.78, 5) is 68.5. The van der Waals surface area contributed by atoms with Crippen LogP contribution >= 0.6 is 21.6 Å². The standard InChI is InChI=1S/C50H95N5O9S2/c1-16-22-36-43(61)55(44(62)50(36,20-5)26-21-23-35(6)7)38(33-51)42(60)52-37(34-65-66-45(8,9)10)41(59)54-47(13,17-2)30-32-64-48(14,18-3)27-24-39(56)53-46(11,12)29-31-63-49(15,19-4)28-25-40(57)58/h35-38,44,62H,16-34,51H2,1-15H3,(H,52,60)(H,53,56)(H,54,59)(H,57,58). The normalized spacial score (nSPS) is 21.7. The van der Waals surface area contributed by atoms with Crippen molar-refractivity contribution in [1.29, 1.82) is 0 Å². The second kappa shape index (κ2) is 27.9. The third-order valence-corrected chi connectivity index (χ3v) is 17.3. The number of ether oxygens (including phenoxy) is 2. The fraction of sp³-hybridized carbons (Fsp3) is 0.900. The van der Waals surface area contributed by atoms with Gasteiger partial charge in [-0.05, 0) is 105 Å². The summed E-state index contributed by atoms with van der Waals surface area (Å²) in [5.41, 5.74) is 3.22. The molecular weight excluding hydrogens is 879 g/mol. The van der Waals surface area contributed by atoms with E-state index >= 15 is 0 Å². The number of nitrogens with one attached hydrogen (secondary N) is 3. The molecule has 386 valence electrons. The van der Waals surface area contributed by atoms with Gasteiger partial charge in [-0.1, -0.05) is 110 Å². The van der Waals surface area contributed by atoms with Crippen molar-refractivity contribution in [1.82, 2.24) is 20.9 Å². The molecule has 14 nitrogen and oxygen atoms in total. The van der Waals surface area contributed by atoms with Crippen molar-refractivity contribution in [2.75, 3.05) is 25.5 Å². The highest BCUT2D eigenvalue weighted by atomic mass is 33.1. The molecule has 4 amide bonds. The quantitative estimate of drug-likeness (QED) is 0.0335. The molecule has 1 rings (SSSR count). The minimum absolute atomic E-state index is 0.0386. The zero-order valence-electron chi connectivity index (χ0n) is 43.9. The average molecular weight is 974 g/mol. The molecule has 0 aromatic rings. The van der Waals surface area contributed by atoms with Crippen LogP contribution in [0.1, 0.15) is 200 Å². The van der Waals surface area contributed by atoms with Crippen LogP contribution in [0, 0.1) is 17.3 Å². The van der Waals surface area contributed by atoms with Crippen LogP contribution in [0.25, 0.3) is 0 Å². The third-order valence-electron chi connectivity index (χ3n) is 13.9. The smallest absolute Gasteiger partial charge is 0.303 e. The zero-order chi connectivity index (χ0) is 50.7. The first kappa shape index (κ1) is 61.9. The van der Waals surface area contributed by atoms with Crippen LogP contribution in [0.3, 0.4) is 0 Å². The molecule has 0 aromatic carbocycles. The number of aliphatic hydroxyl groups is 1. The Kier molecular flexibility index (Phi) is 26.2. The van der Waals surface area contributed by atoms with Crippen molar-refractivity contribution in [3.8, 4) is 0 Å². The first-order valence-electron chi connectivity index (χ1n) is 25.0. The molecule has 0 aromatic heterocycles. The van der Waals surface area contributed by atoms with Crippen LogP contribution in [0.15, 0.2) is 0 Å². The first-order chi connectivity index (χ1) is 30.5. The maximum atomic E-state index is 14.3. The third kappa shape index (κ3) is 20.1. The predicted octanol–water partition coefficient (Wildman–Crippen LogP) is 8.75. The van der Waals surface area contributed by atoms with Crippen LogP contribution in [-0.2, 0) is 33.4 Å². The summed E-state index contributed by atoms with van der Waals surface area (Å²) in [6.07, 6.45) is 7.47. The van der Waals surface area contributed by atoms with E-state index in [9.17, 15) is 29.1 Å². The SMILES string of the molecule is CCCC1C(=O)N(C(CN)C(=O)NC(CSSC(C)(C)C)C(=O)NC(C)(CC)CCOC(C)(CC)CCC(=O)NC(C)(C)CCOC(C)(CC)CCC(=O)O)C(O)C1(CC)CCCC(C)C. The number of carboxylic acid groups (broad SMARTS) is 1. The van der Waals surface area contributed by atoms with Gasteiger partial charge in [-0.25, -0.2) is 0 Å². The largest absolute Gasteiger partial charge is 0.481 e. The number of hydrogen-bond donors (Lipinski definition) is 6. The van der Waals surface area contributed by atoms with E-state index in [-0.39, 0.29) is 47.6 Å².